The van der Waals surface area contributed by atoms with Crippen LogP contribution in [0, 0.1) is 0 Å². The molecular formula is C17H12F3N5O3. The highest BCUT2D eigenvalue weighted by Gasteiger charge is 2.38. The largest absolute Gasteiger partial charge is 0.490 e. The molecule has 0 atom stereocenters. The molecule has 0 aliphatic rings. The molecule has 4 aromatic rings. The number of aromatic nitrogens is 5. The van der Waals surface area contributed by atoms with Gasteiger partial charge in [0.2, 0.25) is 11.7 Å². The Morgan fingerprint density at radius 1 is 1.18 bits per heavy atom. The third-order valence-electron chi connectivity index (χ3n) is 3.46. The molecule has 1 N–H and O–H groups in total. The molecule has 0 fully saturated rings. The van der Waals surface area contributed by atoms with Gasteiger partial charge in [-0.3, -0.25) is 4.98 Å². The highest BCUT2D eigenvalue weighted by atomic mass is 19.4. The number of imidazole rings is 1. The monoisotopic (exact) mass is 391 g/mol. The number of hydrogen-bond acceptors (Lipinski definition) is 6. The van der Waals surface area contributed by atoms with Crippen LogP contribution in [0.3, 0.4) is 0 Å². The van der Waals surface area contributed by atoms with Crippen LogP contribution in [0.25, 0.3) is 22.4 Å². The zero-order valence-corrected chi connectivity index (χ0v) is 14.0. The van der Waals surface area contributed by atoms with Gasteiger partial charge in [-0.15, -0.1) is 0 Å². The average molecular weight is 391 g/mol. The predicted octanol–water partition coefficient (Wildman–Crippen LogP) is 3.16. The normalized spacial score (nSPS) is 11.1. The Bertz CT molecular complexity index is 1080. The number of rotatable bonds is 3. The van der Waals surface area contributed by atoms with Gasteiger partial charge in [-0.1, -0.05) is 17.3 Å². The molecule has 0 amide bonds. The van der Waals surface area contributed by atoms with Crippen molar-refractivity contribution in [1.29, 1.82) is 0 Å². The zero-order chi connectivity index (χ0) is 20.1. The molecular weight excluding hydrogens is 379 g/mol. The van der Waals surface area contributed by atoms with E-state index >= 15 is 0 Å². The topological polar surface area (TPSA) is 107 Å². The van der Waals surface area contributed by atoms with Crippen LogP contribution in [0.1, 0.15) is 5.89 Å². The van der Waals surface area contributed by atoms with Gasteiger partial charge >= 0.3 is 12.1 Å². The Balaban J connectivity index is 0.000000279. The first kappa shape index (κ1) is 19.0. The molecule has 28 heavy (non-hydrogen) atoms. The molecule has 0 unspecified atom stereocenters. The van der Waals surface area contributed by atoms with Crippen molar-refractivity contribution in [2.24, 2.45) is 0 Å². The molecule has 0 radical (unpaired) electrons. The maximum Gasteiger partial charge on any atom is 0.490 e. The van der Waals surface area contributed by atoms with Gasteiger partial charge in [0, 0.05) is 18.0 Å². The molecule has 11 heteroatoms. The molecule has 0 spiro atoms. The molecule has 0 aliphatic heterocycles. The second-order valence-electron chi connectivity index (χ2n) is 5.42. The first-order valence-corrected chi connectivity index (χ1v) is 7.77. The Hall–Kier alpha value is -3.76. The molecule has 3 aromatic heterocycles. The lowest BCUT2D eigenvalue weighted by molar-refractivity contribution is -0.192. The number of para-hydroxylation sites is 2. The SMILES string of the molecule is O=C(O)C(F)(F)F.c1cncc(-c2noc(Cn3cnc4ccccc43)n2)c1. The molecule has 0 saturated carbocycles. The Morgan fingerprint density at radius 2 is 1.93 bits per heavy atom. The van der Waals surface area contributed by atoms with Gasteiger partial charge in [-0.05, 0) is 24.3 Å². The maximum atomic E-state index is 10.6. The van der Waals surface area contributed by atoms with E-state index in [0.717, 1.165) is 16.6 Å². The first-order valence-electron chi connectivity index (χ1n) is 7.77. The fraction of sp³-hybridized carbons (Fsp3) is 0.118. The minimum atomic E-state index is -5.08. The van der Waals surface area contributed by atoms with Crippen molar-refractivity contribution in [1.82, 2.24) is 24.7 Å². The summed E-state index contributed by atoms with van der Waals surface area (Å²) in [5.74, 6) is -1.67. The fourth-order valence-electron chi connectivity index (χ4n) is 2.21. The minimum Gasteiger partial charge on any atom is -0.475 e. The van der Waals surface area contributed by atoms with Crippen LogP contribution in [-0.2, 0) is 11.3 Å². The van der Waals surface area contributed by atoms with Gasteiger partial charge in [0.25, 0.3) is 0 Å². The predicted molar refractivity (Wildman–Crippen MR) is 90.1 cm³/mol. The van der Waals surface area contributed by atoms with Crippen LogP contribution in [-0.4, -0.2) is 41.9 Å². The van der Waals surface area contributed by atoms with Gasteiger partial charge in [-0.25, -0.2) is 9.78 Å². The summed E-state index contributed by atoms with van der Waals surface area (Å²) in [6.45, 7) is 0.494. The van der Waals surface area contributed by atoms with Crippen LogP contribution in [0.15, 0.2) is 59.6 Å². The summed E-state index contributed by atoms with van der Waals surface area (Å²) in [6, 6.07) is 11.7. The Morgan fingerprint density at radius 3 is 2.61 bits per heavy atom. The van der Waals surface area contributed by atoms with E-state index in [1.165, 1.54) is 0 Å². The molecule has 0 bridgehead atoms. The molecule has 3 heterocycles. The van der Waals surface area contributed by atoms with E-state index in [4.69, 9.17) is 14.4 Å². The summed E-state index contributed by atoms with van der Waals surface area (Å²) in [7, 11) is 0. The number of pyridine rings is 1. The van der Waals surface area contributed by atoms with E-state index in [-0.39, 0.29) is 0 Å². The number of fused-ring (bicyclic) bond motifs is 1. The number of carboxylic acids is 1. The lowest BCUT2D eigenvalue weighted by atomic mass is 10.3. The second kappa shape index (κ2) is 7.86. The number of benzene rings is 1. The van der Waals surface area contributed by atoms with Crippen molar-refractivity contribution in [3.8, 4) is 11.4 Å². The van der Waals surface area contributed by atoms with E-state index in [0.29, 0.717) is 18.3 Å². The standard InChI is InChI=1S/C15H11N5O.C2HF3O2/c1-2-6-13-12(5-1)17-10-20(13)9-14-18-15(19-21-14)11-4-3-7-16-8-11;3-2(4,5)1(6)7/h1-8,10H,9H2;(H,6,7). The van der Waals surface area contributed by atoms with Crippen molar-refractivity contribution in [3.05, 3.63) is 61.0 Å². The van der Waals surface area contributed by atoms with E-state index < -0.39 is 12.1 Å². The van der Waals surface area contributed by atoms with E-state index in [1.54, 1.807) is 18.7 Å². The van der Waals surface area contributed by atoms with Gasteiger partial charge in [0.05, 0.1) is 17.4 Å². The molecule has 1 aromatic carbocycles. The van der Waals surface area contributed by atoms with Gasteiger partial charge in [0.15, 0.2) is 0 Å². The van der Waals surface area contributed by atoms with Crippen LogP contribution in [0.4, 0.5) is 13.2 Å². The fourth-order valence-corrected chi connectivity index (χ4v) is 2.21. The van der Waals surface area contributed by atoms with Crippen molar-refractivity contribution < 1.29 is 27.6 Å². The quantitative estimate of drug-likeness (QED) is 0.572. The molecule has 0 aliphatic carbocycles. The van der Waals surface area contributed by atoms with E-state index in [2.05, 4.69) is 20.1 Å². The van der Waals surface area contributed by atoms with Crippen LogP contribution in [0.5, 0.6) is 0 Å². The Labute approximate surface area is 155 Å². The van der Waals surface area contributed by atoms with Gasteiger partial charge in [-0.2, -0.15) is 18.2 Å². The molecule has 144 valence electrons. The van der Waals surface area contributed by atoms with Crippen LogP contribution < -0.4 is 0 Å². The third-order valence-corrected chi connectivity index (χ3v) is 3.46. The molecule has 8 nitrogen and oxygen atoms in total. The van der Waals surface area contributed by atoms with Crippen LogP contribution in [0.2, 0.25) is 0 Å². The van der Waals surface area contributed by atoms with Gasteiger partial charge in [0.1, 0.15) is 6.54 Å². The lowest BCUT2D eigenvalue weighted by Gasteiger charge is -1.98. The van der Waals surface area contributed by atoms with Gasteiger partial charge < -0.3 is 14.2 Å². The average Bonchev–Trinajstić information content (AvgIpc) is 3.30. The van der Waals surface area contributed by atoms with Crippen LogP contribution >= 0.6 is 0 Å². The summed E-state index contributed by atoms with van der Waals surface area (Å²) in [5.41, 5.74) is 2.83. The number of carbonyl (C=O) groups is 1. The summed E-state index contributed by atoms with van der Waals surface area (Å²) in [6.07, 6.45) is 0.113. The van der Waals surface area contributed by atoms with E-state index in [1.807, 2.05) is 41.0 Å². The van der Waals surface area contributed by atoms with Crippen molar-refractivity contribution >= 4 is 17.0 Å². The smallest absolute Gasteiger partial charge is 0.475 e. The number of halogens is 3. The number of alkyl halides is 3. The number of nitrogens with zero attached hydrogens (tertiary/aromatic N) is 5. The van der Waals surface area contributed by atoms with E-state index in [9.17, 15) is 13.2 Å². The maximum absolute atomic E-state index is 10.6. The number of aliphatic carboxylic acids is 1. The summed E-state index contributed by atoms with van der Waals surface area (Å²) >= 11 is 0. The number of hydrogen-bond donors (Lipinski definition) is 1. The molecule has 0 saturated heterocycles. The zero-order valence-electron chi connectivity index (χ0n) is 14.0. The molecule has 4 rings (SSSR count). The third kappa shape index (κ3) is 4.50. The lowest BCUT2D eigenvalue weighted by Crippen LogP contribution is -2.21. The minimum absolute atomic E-state index is 0.494. The highest BCUT2D eigenvalue weighted by Crippen LogP contribution is 2.17. The summed E-state index contributed by atoms with van der Waals surface area (Å²) in [5, 5.41) is 11.1. The second-order valence-corrected chi connectivity index (χ2v) is 5.42. The highest BCUT2D eigenvalue weighted by molar-refractivity contribution is 5.75. The Kier molecular flexibility index (Phi) is 5.34. The number of carboxylic acid groups (broad SMARTS) is 1. The first-order chi connectivity index (χ1) is 13.3. The van der Waals surface area contributed by atoms with Crippen molar-refractivity contribution in [3.63, 3.8) is 0 Å². The van der Waals surface area contributed by atoms with Crippen molar-refractivity contribution in [2.45, 2.75) is 12.7 Å². The summed E-state index contributed by atoms with van der Waals surface area (Å²) < 4.78 is 39.0. The summed E-state index contributed by atoms with van der Waals surface area (Å²) in [4.78, 5) is 21.7. The van der Waals surface area contributed by atoms with Crippen molar-refractivity contribution in [2.75, 3.05) is 0 Å².